The molecule has 0 aliphatic carbocycles. The first-order valence-corrected chi connectivity index (χ1v) is 13.7. The average Bonchev–Trinajstić information content (AvgIpc) is 3.36. The SMILES string of the molecule is CC(C)(C)OC(=O)Nc1ccc(C(=O)Nc2cccc(Nc3cc(-c4cccc5c4oc4ccccc45)ncn3)c2)cc1. The zero-order valence-electron chi connectivity index (χ0n) is 23.8. The van der Waals surface area contributed by atoms with Crippen LogP contribution in [0, 0.1) is 0 Å². The third-order valence-electron chi connectivity index (χ3n) is 6.53. The Balaban J connectivity index is 1.15. The summed E-state index contributed by atoms with van der Waals surface area (Å²) in [5.41, 5.74) is 4.88. The third kappa shape index (κ3) is 6.31. The van der Waals surface area contributed by atoms with E-state index >= 15 is 0 Å². The van der Waals surface area contributed by atoms with Gasteiger partial charge in [-0.2, -0.15) is 0 Å². The lowest BCUT2D eigenvalue weighted by atomic mass is 10.1. The minimum Gasteiger partial charge on any atom is -0.455 e. The van der Waals surface area contributed by atoms with Crippen molar-refractivity contribution >= 4 is 56.8 Å². The number of aromatic nitrogens is 2. The number of nitrogens with zero attached hydrogens (tertiary/aromatic N) is 2. The molecule has 0 radical (unpaired) electrons. The molecule has 0 fully saturated rings. The minimum absolute atomic E-state index is 0.288. The van der Waals surface area contributed by atoms with Crippen LogP contribution in [-0.2, 0) is 4.74 Å². The summed E-state index contributed by atoms with van der Waals surface area (Å²) in [6, 6.07) is 29.7. The Hall–Kier alpha value is -5.70. The molecule has 0 aliphatic heterocycles. The fourth-order valence-electron chi connectivity index (χ4n) is 4.67. The van der Waals surface area contributed by atoms with Gasteiger partial charge in [0.25, 0.3) is 5.91 Å². The van der Waals surface area contributed by atoms with Gasteiger partial charge in [0.2, 0.25) is 0 Å². The van der Waals surface area contributed by atoms with E-state index in [1.54, 1.807) is 51.1 Å². The molecule has 0 atom stereocenters. The first-order valence-electron chi connectivity index (χ1n) is 13.7. The molecule has 0 spiro atoms. The van der Waals surface area contributed by atoms with Gasteiger partial charge in [-0.1, -0.05) is 36.4 Å². The van der Waals surface area contributed by atoms with E-state index in [1.165, 1.54) is 6.33 Å². The fraction of sp³-hybridized carbons (Fsp3) is 0.118. The number of benzene rings is 4. The molecule has 214 valence electrons. The van der Waals surface area contributed by atoms with Crippen LogP contribution >= 0.6 is 0 Å². The molecule has 0 saturated carbocycles. The maximum absolute atomic E-state index is 12.9. The number of carbonyl (C=O) groups is 2. The van der Waals surface area contributed by atoms with Crippen molar-refractivity contribution < 1.29 is 18.7 Å². The lowest BCUT2D eigenvalue weighted by molar-refractivity contribution is 0.0635. The van der Waals surface area contributed by atoms with Crippen LogP contribution in [0.1, 0.15) is 31.1 Å². The van der Waals surface area contributed by atoms with Crippen LogP contribution in [-0.4, -0.2) is 27.6 Å². The van der Waals surface area contributed by atoms with E-state index in [0.717, 1.165) is 38.9 Å². The van der Waals surface area contributed by atoms with Gasteiger partial charge in [0.15, 0.2) is 0 Å². The third-order valence-corrected chi connectivity index (χ3v) is 6.53. The van der Waals surface area contributed by atoms with Crippen molar-refractivity contribution in [3.05, 3.63) is 109 Å². The average molecular weight is 572 g/mol. The van der Waals surface area contributed by atoms with Crippen molar-refractivity contribution in [2.24, 2.45) is 0 Å². The van der Waals surface area contributed by atoms with Gasteiger partial charge in [-0.05, 0) is 75.4 Å². The highest BCUT2D eigenvalue weighted by Gasteiger charge is 2.17. The zero-order valence-corrected chi connectivity index (χ0v) is 23.8. The Labute approximate surface area is 247 Å². The fourth-order valence-corrected chi connectivity index (χ4v) is 4.67. The highest BCUT2D eigenvalue weighted by Crippen LogP contribution is 2.35. The van der Waals surface area contributed by atoms with E-state index in [-0.39, 0.29) is 5.91 Å². The minimum atomic E-state index is -0.604. The van der Waals surface area contributed by atoms with Crippen LogP contribution < -0.4 is 16.0 Å². The van der Waals surface area contributed by atoms with Crippen LogP contribution in [0.4, 0.5) is 27.7 Å². The number of rotatable bonds is 6. The molecule has 43 heavy (non-hydrogen) atoms. The summed E-state index contributed by atoms with van der Waals surface area (Å²) >= 11 is 0. The van der Waals surface area contributed by atoms with Crippen LogP contribution in [0.5, 0.6) is 0 Å². The van der Waals surface area contributed by atoms with Crippen molar-refractivity contribution in [3.8, 4) is 11.3 Å². The van der Waals surface area contributed by atoms with Gasteiger partial charge in [-0.3, -0.25) is 10.1 Å². The van der Waals surface area contributed by atoms with Crippen molar-refractivity contribution in [2.45, 2.75) is 26.4 Å². The van der Waals surface area contributed by atoms with Gasteiger partial charge in [0.05, 0.1) is 5.69 Å². The van der Waals surface area contributed by atoms with Crippen molar-refractivity contribution in [1.82, 2.24) is 9.97 Å². The highest BCUT2D eigenvalue weighted by atomic mass is 16.6. The molecule has 3 N–H and O–H groups in total. The smallest absolute Gasteiger partial charge is 0.412 e. The predicted octanol–water partition coefficient (Wildman–Crippen LogP) is 8.39. The standard InChI is InChI=1S/C34H29N5O4/c1-34(2,3)43-33(41)39-22-16-14-21(15-17-22)32(40)38-24-9-6-8-23(18-24)37-30-19-28(35-20-36-30)27-12-7-11-26-25-10-4-5-13-29(25)42-31(26)27/h4-20H,1-3H3,(H,38,40)(H,39,41)(H,35,36,37). The van der Waals surface area contributed by atoms with Gasteiger partial charge >= 0.3 is 6.09 Å². The molecule has 2 heterocycles. The normalized spacial score (nSPS) is 11.3. The van der Waals surface area contributed by atoms with Crippen LogP contribution in [0.2, 0.25) is 0 Å². The Bertz CT molecular complexity index is 1960. The van der Waals surface area contributed by atoms with Crippen molar-refractivity contribution in [1.29, 1.82) is 0 Å². The lowest BCUT2D eigenvalue weighted by Crippen LogP contribution is -2.27. The van der Waals surface area contributed by atoms with E-state index in [2.05, 4.69) is 25.9 Å². The maximum Gasteiger partial charge on any atom is 0.412 e. The number of ether oxygens (including phenoxy) is 1. The molecule has 0 bridgehead atoms. The van der Waals surface area contributed by atoms with E-state index in [0.29, 0.717) is 22.8 Å². The van der Waals surface area contributed by atoms with E-state index < -0.39 is 11.7 Å². The molecule has 6 rings (SSSR count). The first-order chi connectivity index (χ1) is 20.7. The number of hydrogen-bond acceptors (Lipinski definition) is 7. The Kier molecular flexibility index (Phi) is 7.21. The number of para-hydroxylation sites is 2. The summed E-state index contributed by atoms with van der Waals surface area (Å²) in [4.78, 5) is 33.8. The second kappa shape index (κ2) is 11.3. The van der Waals surface area contributed by atoms with Crippen LogP contribution in [0.15, 0.2) is 108 Å². The molecular weight excluding hydrogens is 542 g/mol. The van der Waals surface area contributed by atoms with Gasteiger partial charge in [-0.15, -0.1) is 0 Å². The van der Waals surface area contributed by atoms with E-state index in [1.807, 2.05) is 66.7 Å². The highest BCUT2D eigenvalue weighted by molar-refractivity contribution is 6.09. The molecule has 0 aliphatic rings. The Morgan fingerprint density at radius 2 is 1.49 bits per heavy atom. The summed E-state index contributed by atoms with van der Waals surface area (Å²) in [6.45, 7) is 5.37. The second-order valence-electron chi connectivity index (χ2n) is 10.9. The van der Waals surface area contributed by atoms with Crippen molar-refractivity contribution in [2.75, 3.05) is 16.0 Å². The molecule has 4 aromatic carbocycles. The number of anilines is 4. The van der Waals surface area contributed by atoms with Crippen LogP contribution in [0.25, 0.3) is 33.2 Å². The monoisotopic (exact) mass is 571 g/mol. The number of furan rings is 1. The summed E-state index contributed by atoms with van der Waals surface area (Å²) in [7, 11) is 0. The topological polar surface area (TPSA) is 118 Å². The van der Waals surface area contributed by atoms with Gasteiger partial charge < -0.3 is 19.8 Å². The molecule has 2 aromatic heterocycles. The van der Waals surface area contributed by atoms with E-state index in [4.69, 9.17) is 9.15 Å². The lowest BCUT2D eigenvalue weighted by Gasteiger charge is -2.19. The molecule has 0 unspecified atom stereocenters. The first kappa shape index (κ1) is 27.5. The second-order valence-corrected chi connectivity index (χ2v) is 10.9. The summed E-state index contributed by atoms with van der Waals surface area (Å²) in [5.74, 6) is 0.305. The van der Waals surface area contributed by atoms with Gasteiger partial charge in [0, 0.05) is 45.0 Å². The number of fused-ring (bicyclic) bond motifs is 3. The largest absolute Gasteiger partial charge is 0.455 e. The molecule has 0 saturated heterocycles. The molecular formula is C34H29N5O4. The number of hydrogen-bond donors (Lipinski definition) is 3. The molecule has 6 aromatic rings. The Morgan fingerprint density at radius 1 is 0.744 bits per heavy atom. The zero-order chi connectivity index (χ0) is 30.0. The maximum atomic E-state index is 12.9. The molecule has 9 heteroatoms. The molecule has 2 amide bonds. The number of carbonyl (C=O) groups excluding carboxylic acids is 2. The predicted molar refractivity (Wildman–Crippen MR) is 169 cm³/mol. The molecule has 9 nitrogen and oxygen atoms in total. The Morgan fingerprint density at radius 3 is 2.30 bits per heavy atom. The van der Waals surface area contributed by atoms with Gasteiger partial charge in [-0.25, -0.2) is 14.8 Å². The quantitative estimate of drug-likeness (QED) is 0.184. The van der Waals surface area contributed by atoms with Crippen LogP contribution in [0.3, 0.4) is 0 Å². The number of nitrogens with one attached hydrogen (secondary N) is 3. The van der Waals surface area contributed by atoms with Gasteiger partial charge in [0.1, 0.15) is 28.9 Å². The number of amides is 2. The summed E-state index contributed by atoms with van der Waals surface area (Å²) in [6.07, 6.45) is 0.947. The van der Waals surface area contributed by atoms with E-state index in [9.17, 15) is 9.59 Å². The summed E-state index contributed by atoms with van der Waals surface area (Å²) < 4.78 is 11.4. The van der Waals surface area contributed by atoms with Crippen molar-refractivity contribution in [3.63, 3.8) is 0 Å². The summed E-state index contributed by atoms with van der Waals surface area (Å²) in [5, 5.41) is 10.9.